The Hall–Kier alpha value is -2.31. The van der Waals surface area contributed by atoms with E-state index in [4.69, 9.17) is 16.3 Å². The summed E-state index contributed by atoms with van der Waals surface area (Å²) in [5.74, 6) is 2.75. The van der Waals surface area contributed by atoms with Gasteiger partial charge in [-0.15, -0.1) is 0 Å². The van der Waals surface area contributed by atoms with Crippen LogP contribution in [-0.4, -0.2) is 27.3 Å². The van der Waals surface area contributed by atoms with Crippen LogP contribution in [-0.2, 0) is 5.75 Å². The van der Waals surface area contributed by atoms with Crippen molar-refractivity contribution in [1.82, 2.24) is 15.0 Å². The maximum absolute atomic E-state index is 6.23. The van der Waals surface area contributed by atoms with Crippen LogP contribution in [0.4, 0.5) is 11.6 Å². The zero-order valence-corrected chi connectivity index (χ0v) is 17.8. The summed E-state index contributed by atoms with van der Waals surface area (Å²) in [4.78, 5) is 13.3. The molecule has 29 heavy (non-hydrogen) atoms. The predicted octanol–water partition coefficient (Wildman–Crippen LogP) is 6.12. The number of halogens is 1. The van der Waals surface area contributed by atoms with Gasteiger partial charge in [0.2, 0.25) is 5.95 Å². The zero-order chi connectivity index (χ0) is 20.1. The molecule has 3 aromatic rings. The van der Waals surface area contributed by atoms with Crippen LogP contribution in [0.2, 0.25) is 5.02 Å². The lowest BCUT2D eigenvalue weighted by Gasteiger charge is -2.16. The van der Waals surface area contributed by atoms with Crippen LogP contribution in [0.15, 0.2) is 48.8 Å². The van der Waals surface area contributed by atoms with Crippen molar-refractivity contribution in [2.24, 2.45) is 0 Å². The average molecular weight is 427 g/mol. The Morgan fingerprint density at radius 2 is 2.00 bits per heavy atom. The van der Waals surface area contributed by atoms with Crippen molar-refractivity contribution in [2.45, 2.75) is 37.5 Å². The molecule has 7 heteroatoms. The molecule has 0 saturated heterocycles. The fourth-order valence-electron chi connectivity index (χ4n) is 3.49. The number of ether oxygens (including phenoxy) is 1. The van der Waals surface area contributed by atoms with E-state index in [0.29, 0.717) is 16.8 Å². The van der Waals surface area contributed by atoms with Crippen LogP contribution in [0.5, 0.6) is 5.75 Å². The first kappa shape index (κ1) is 20.0. The zero-order valence-electron chi connectivity index (χ0n) is 16.3. The summed E-state index contributed by atoms with van der Waals surface area (Å²) in [6.45, 7) is 0. The predicted molar refractivity (Wildman–Crippen MR) is 120 cm³/mol. The quantitative estimate of drug-likeness (QED) is 0.491. The first-order valence-electron chi connectivity index (χ1n) is 9.72. The number of nitrogens with zero attached hydrogens (tertiary/aromatic N) is 3. The molecule has 1 heterocycles. The Bertz CT molecular complexity index is 979. The van der Waals surface area contributed by atoms with E-state index < -0.39 is 0 Å². The molecule has 4 rings (SSSR count). The highest BCUT2D eigenvalue weighted by molar-refractivity contribution is 7.97. The Morgan fingerprint density at radius 3 is 2.83 bits per heavy atom. The van der Waals surface area contributed by atoms with Crippen molar-refractivity contribution in [2.75, 3.05) is 11.6 Å². The highest BCUT2D eigenvalue weighted by atomic mass is 35.5. The summed E-state index contributed by atoms with van der Waals surface area (Å²) in [5, 5.41) is 3.92. The molecule has 0 bridgehead atoms. The highest BCUT2D eigenvalue weighted by Gasteiger charge is 2.20. The second kappa shape index (κ2) is 9.46. The smallest absolute Gasteiger partial charge is 0.230 e. The van der Waals surface area contributed by atoms with Gasteiger partial charge in [0.05, 0.1) is 11.7 Å². The van der Waals surface area contributed by atoms with Gasteiger partial charge in [-0.3, -0.25) is 0 Å². The minimum atomic E-state index is 0.228. The molecule has 1 aliphatic carbocycles. The first-order valence-corrected chi connectivity index (χ1v) is 11.5. The summed E-state index contributed by atoms with van der Waals surface area (Å²) >= 11 is 8.01. The van der Waals surface area contributed by atoms with Crippen LogP contribution >= 0.6 is 23.4 Å². The number of anilines is 2. The van der Waals surface area contributed by atoms with Crippen molar-refractivity contribution in [3.63, 3.8) is 0 Å². The number of rotatable bonds is 7. The summed E-state index contributed by atoms with van der Waals surface area (Å²) in [5.41, 5.74) is 3.02. The molecule has 1 saturated carbocycles. The number of thioether (sulfide) groups is 1. The molecule has 0 aliphatic heterocycles. The second-order valence-corrected chi connectivity index (χ2v) is 8.36. The SMILES string of the molecule is CSCc1cccc(Nc2ncnc(-c3ccc(Cl)cc3OC3CCCC3)n2)c1. The third-order valence-corrected chi connectivity index (χ3v) is 5.70. The van der Waals surface area contributed by atoms with Gasteiger partial charge < -0.3 is 10.1 Å². The van der Waals surface area contributed by atoms with E-state index in [1.165, 1.54) is 24.7 Å². The normalized spacial score (nSPS) is 14.1. The number of hydrogen-bond donors (Lipinski definition) is 1. The fourth-order valence-corrected chi connectivity index (χ4v) is 4.16. The Labute approximate surface area is 180 Å². The number of aromatic nitrogens is 3. The maximum atomic E-state index is 6.23. The third kappa shape index (κ3) is 5.19. The van der Waals surface area contributed by atoms with E-state index in [0.717, 1.165) is 35.6 Å². The highest BCUT2D eigenvalue weighted by Crippen LogP contribution is 2.34. The lowest BCUT2D eigenvalue weighted by atomic mass is 10.2. The molecule has 1 aromatic heterocycles. The monoisotopic (exact) mass is 426 g/mol. The first-order chi connectivity index (χ1) is 14.2. The van der Waals surface area contributed by atoms with E-state index in [-0.39, 0.29) is 6.10 Å². The maximum Gasteiger partial charge on any atom is 0.230 e. The van der Waals surface area contributed by atoms with Crippen molar-refractivity contribution < 1.29 is 4.74 Å². The summed E-state index contributed by atoms with van der Waals surface area (Å²) in [7, 11) is 0. The topological polar surface area (TPSA) is 59.9 Å². The van der Waals surface area contributed by atoms with Gasteiger partial charge in [0, 0.05) is 16.5 Å². The second-order valence-electron chi connectivity index (χ2n) is 7.06. The molecule has 0 amide bonds. The van der Waals surface area contributed by atoms with Gasteiger partial charge in [0.25, 0.3) is 0 Å². The van der Waals surface area contributed by atoms with E-state index >= 15 is 0 Å². The minimum Gasteiger partial charge on any atom is -0.490 e. The molecule has 2 aromatic carbocycles. The summed E-state index contributed by atoms with van der Waals surface area (Å²) in [6, 6.07) is 13.8. The molecular weight excluding hydrogens is 404 g/mol. The molecule has 1 aliphatic rings. The molecule has 5 nitrogen and oxygen atoms in total. The van der Waals surface area contributed by atoms with Gasteiger partial charge in [-0.1, -0.05) is 23.7 Å². The van der Waals surface area contributed by atoms with Gasteiger partial charge in [-0.2, -0.15) is 16.7 Å². The van der Waals surface area contributed by atoms with Gasteiger partial charge in [-0.05, 0) is 67.8 Å². The summed E-state index contributed by atoms with van der Waals surface area (Å²) in [6.07, 6.45) is 8.39. The lowest BCUT2D eigenvalue weighted by Crippen LogP contribution is -2.12. The van der Waals surface area contributed by atoms with Crippen LogP contribution in [0.25, 0.3) is 11.4 Å². The summed E-state index contributed by atoms with van der Waals surface area (Å²) < 4.78 is 6.23. The minimum absolute atomic E-state index is 0.228. The van der Waals surface area contributed by atoms with Crippen LogP contribution in [0.3, 0.4) is 0 Å². The molecule has 1 fully saturated rings. The van der Waals surface area contributed by atoms with Crippen molar-refractivity contribution in [3.05, 3.63) is 59.4 Å². The number of hydrogen-bond acceptors (Lipinski definition) is 6. The van der Waals surface area contributed by atoms with E-state index in [9.17, 15) is 0 Å². The largest absolute Gasteiger partial charge is 0.490 e. The van der Waals surface area contributed by atoms with Crippen LogP contribution in [0.1, 0.15) is 31.2 Å². The van der Waals surface area contributed by atoms with Crippen molar-refractivity contribution in [1.29, 1.82) is 0 Å². The number of benzene rings is 2. The lowest BCUT2D eigenvalue weighted by molar-refractivity contribution is 0.211. The fraction of sp³-hybridized carbons (Fsp3) is 0.318. The molecule has 0 spiro atoms. The molecule has 150 valence electrons. The third-order valence-electron chi connectivity index (χ3n) is 4.85. The van der Waals surface area contributed by atoms with E-state index in [1.807, 2.05) is 30.3 Å². The molecule has 0 unspecified atom stereocenters. The van der Waals surface area contributed by atoms with E-state index in [2.05, 4.69) is 38.7 Å². The van der Waals surface area contributed by atoms with Gasteiger partial charge in [-0.25, -0.2) is 9.97 Å². The number of nitrogens with one attached hydrogen (secondary N) is 1. The van der Waals surface area contributed by atoms with Gasteiger partial charge >= 0.3 is 0 Å². The van der Waals surface area contributed by atoms with Gasteiger partial charge in [0.15, 0.2) is 5.82 Å². The average Bonchev–Trinajstić information content (AvgIpc) is 3.22. The molecule has 0 radical (unpaired) electrons. The van der Waals surface area contributed by atoms with Crippen LogP contribution < -0.4 is 10.1 Å². The van der Waals surface area contributed by atoms with E-state index in [1.54, 1.807) is 11.8 Å². The molecule has 0 atom stereocenters. The Kier molecular flexibility index (Phi) is 6.52. The Morgan fingerprint density at radius 1 is 1.14 bits per heavy atom. The molecule has 1 N–H and O–H groups in total. The van der Waals surface area contributed by atoms with Crippen molar-refractivity contribution in [3.8, 4) is 17.1 Å². The Balaban J connectivity index is 1.59. The van der Waals surface area contributed by atoms with Gasteiger partial charge in [0.1, 0.15) is 12.1 Å². The van der Waals surface area contributed by atoms with Crippen LogP contribution in [0, 0.1) is 0 Å². The van der Waals surface area contributed by atoms with Crippen molar-refractivity contribution >= 4 is 35.0 Å². The standard InChI is InChI=1S/C22H23ClN4OS/c1-29-13-15-5-4-6-17(11-15)26-22-25-14-24-21(27-22)19-10-9-16(23)12-20(19)28-18-7-2-3-8-18/h4-6,9-12,14,18H,2-3,7-8,13H2,1H3,(H,24,25,26,27). The molecular formula is C22H23ClN4OS.